The molecule has 0 aliphatic heterocycles. The maximum absolute atomic E-state index is 12.2. The summed E-state index contributed by atoms with van der Waals surface area (Å²) in [5.74, 6) is -0.250. The number of hydrogen-bond donors (Lipinski definition) is 3. The molecule has 1 unspecified atom stereocenters. The van der Waals surface area contributed by atoms with Gasteiger partial charge in [0.25, 0.3) is 5.91 Å². The van der Waals surface area contributed by atoms with E-state index in [4.69, 9.17) is 5.41 Å². The zero-order valence-electron chi connectivity index (χ0n) is 12.3. The van der Waals surface area contributed by atoms with Crippen LogP contribution in [0, 0.1) is 10.8 Å². The summed E-state index contributed by atoms with van der Waals surface area (Å²) < 4.78 is 0. The van der Waals surface area contributed by atoms with Gasteiger partial charge in [-0.25, -0.2) is 0 Å². The van der Waals surface area contributed by atoms with Crippen molar-refractivity contribution in [2.45, 2.75) is 20.3 Å². The number of allylic oxidation sites excluding steroid dienone is 3. The smallest absolute Gasteiger partial charge is 0.274 e. The van der Waals surface area contributed by atoms with Crippen molar-refractivity contribution in [2.75, 3.05) is 11.9 Å². The van der Waals surface area contributed by atoms with E-state index in [0.717, 1.165) is 18.7 Å². The number of anilines is 1. The lowest BCUT2D eigenvalue weighted by Gasteiger charge is -2.23. The maximum atomic E-state index is 12.2. The van der Waals surface area contributed by atoms with Crippen LogP contribution in [-0.2, 0) is 0 Å². The van der Waals surface area contributed by atoms with E-state index in [2.05, 4.69) is 15.6 Å². The second-order valence-electron chi connectivity index (χ2n) is 5.27. The number of aromatic nitrogens is 1. The highest BCUT2D eigenvalue weighted by molar-refractivity contribution is 5.94. The molecule has 1 aromatic rings. The van der Waals surface area contributed by atoms with Gasteiger partial charge in [-0.1, -0.05) is 13.0 Å². The van der Waals surface area contributed by atoms with Crippen molar-refractivity contribution < 1.29 is 4.79 Å². The molecule has 21 heavy (non-hydrogen) atoms. The first-order chi connectivity index (χ1) is 10.1. The second-order valence-corrected chi connectivity index (χ2v) is 5.27. The SMILES string of the molecule is CCNc1ccnc(C(=O)NC2=CC(C)(C=N)CC=C2)c1. The fraction of sp³-hybridized carbons (Fsp3) is 0.312. The molecule has 1 aliphatic carbocycles. The van der Waals surface area contributed by atoms with E-state index in [9.17, 15) is 4.79 Å². The van der Waals surface area contributed by atoms with Crippen molar-refractivity contribution in [1.82, 2.24) is 10.3 Å². The number of hydrogen-bond acceptors (Lipinski definition) is 4. The Labute approximate surface area is 124 Å². The second kappa shape index (κ2) is 6.35. The van der Waals surface area contributed by atoms with E-state index in [-0.39, 0.29) is 11.3 Å². The van der Waals surface area contributed by atoms with E-state index in [0.29, 0.717) is 11.4 Å². The highest BCUT2D eigenvalue weighted by Gasteiger charge is 2.21. The van der Waals surface area contributed by atoms with Crippen LogP contribution in [0.5, 0.6) is 0 Å². The summed E-state index contributed by atoms with van der Waals surface area (Å²) in [7, 11) is 0. The third kappa shape index (κ3) is 3.78. The topological polar surface area (TPSA) is 77.9 Å². The van der Waals surface area contributed by atoms with Gasteiger partial charge in [-0.05, 0) is 37.6 Å². The lowest BCUT2D eigenvalue weighted by molar-refractivity contribution is 0.0962. The van der Waals surface area contributed by atoms with Gasteiger partial charge >= 0.3 is 0 Å². The van der Waals surface area contributed by atoms with Gasteiger partial charge in [-0.3, -0.25) is 9.78 Å². The lowest BCUT2D eigenvalue weighted by atomic mass is 9.84. The van der Waals surface area contributed by atoms with Crippen molar-refractivity contribution >= 4 is 17.8 Å². The molecule has 0 radical (unpaired) electrons. The summed E-state index contributed by atoms with van der Waals surface area (Å²) in [6.07, 6.45) is 9.49. The van der Waals surface area contributed by atoms with Crippen LogP contribution in [0.1, 0.15) is 30.8 Å². The average Bonchev–Trinajstić information content (AvgIpc) is 2.48. The van der Waals surface area contributed by atoms with Crippen LogP contribution >= 0.6 is 0 Å². The van der Waals surface area contributed by atoms with Crippen LogP contribution in [0.3, 0.4) is 0 Å². The Bertz CT molecular complexity index is 606. The summed E-state index contributed by atoms with van der Waals surface area (Å²) in [5.41, 5.74) is 1.60. The molecule has 0 saturated carbocycles. The van der Waals surface area contributed by atoms with Crippen LogP contribution in [0.4, 0.5) is 5.69 Å². The lowest BCUT2D eigenvalue weighted by Crippen LogP contribution is -2.27. The first kappa shape index (κ1) is 15.0. The van der Waals surface area contributed by atoms with Gasteiger partial charge in [-0.2, -0.15) is 0 Å². The van der Waals surface area contributed by atoms with E-state index in [1.807, 2.05) is 38.1 Å². The monoisotopic (exact) mass is 284 g/mol. The van der Waals surface area contributed by atoms with Gasteiger partial charge in [0.1, 0.15) is 5.69 Å². The van der Waals surface area contributed by atoms with E-state index < -0.39 is 0 Å². The summed E-state index contributed by atoms with van der Waals surface area (Å²) in [5, 5.41) is 13.5. The zero-order chi connectivity index (χ0) is 15.3. The summed E-state index contributed by atoms with van der Waals surface area (Å²) >= 11 is 0. The molecular formula is C16H20N4O. The van der Waals surface area contributed by atoms with E-state index in [1.54, 1.807) is 12.3 Å². The van der Waals surface area contributed by atoms with E-state index in [1.165, 1.54) is 6.21 Å². The number of carbonyl (C=O) groups is 1. The Morgan fingerprint density at radius 3 is 3.10 bits per heavy atom. The first-order valence-corrected chi connectivity index (χ1v) is 6.98. The molecule has 0 saturated heterocycles. The molecular weight excluding hydrogens is 264 g/mol. The molecule has 1 atom stereocenters. The minimum Gasteiger partial charge on any atom is -0.385 e. The van der Waals surface area contributed by atoms with Crippen molar-refractivity contribution in [2.24, 2.45) is 5.41 Å². The molecule has 0 spiro atoms. The van der Waals surface area contributed by atoms with Crippen molar-refractivity contribution in [3.63, 3.8) is 0 Å². The largest absolute Gasteiger partial charge is 0.385 e. The summed E-state index contributed by atoms with van der Waals surface area (Å²) in [4.78, 5) is 16.3. The number of amides is 1. The highest BCUT2D eigenvalue weighted by Crippen LogP contribution is 2.26. The normalized spacial score (nSPS) is 20.6. The van der Waals surface area contributed by atoms with E-state index >= 15 is 0 Å². The predicted octanol–water partition coefficient (Wildman–Crippen LogP) is 2.74. The molecule has 1 aliphatic rings. The molecule has 0 fully saturated rings. The predicted molar refractivity (Wildman–Crippen MR) is 84.6 cm³/mol. The first-order valence-electron chi connectivity index (χ1n) is 6.98. The van der Waals surface area contributed by atoms with Gasteiger partial charge in [0.2, 0.25) is 0 Å². The van der Waals surface area contributed by atoms with Crippen molar-refractivity contribution in [1.29, 1.82) is 5.41 Å². The van der Waals surface area contributed by atoms with Crippen LogP contribution in [0.15, 0.2) is 42.3 Å². The number of nitrogens with one attached hydrogen (secondary N) is 3. The minimum atomic E-state index is -0.337. The van der Waals surface area contributed by atoms with Gasteiger partial charge < -0.3 is 16.0 Å². The summed E-state index contributed by atoms with van der Waals surface area (Å²) in [6, 6.07) is 3.55. The Morgan fingerprint density at radius 2 is 2.38 bits per heavy atom. The third-order valence-corrected chi connectivity index (χ3v) is 3.30. The Morgan fingerprint density at radius 1 is 1.57 bits per heavy atom. The van der Waals surface area contributed by atoms with Crippen LogP contribution in [0.2, 0.25) is 0 Å². The molecule has 110 valence electrons. The molecule has 0 bridgehead atoms. The van der Waals surface area contributed by atoms with Crippen molar-refractivity contribution in [3.8, 4) is 0 Å². The Balaban J connectivity index is 2.13. The van der Waals surface area contributed by atoms with Crippen molar-refractivity contribution in [3.05, 3.63) is 47.9 Å². The quantitative estimate of drug-likeness (QED) is 0.727. The molecule has 1 aromatic heterocycles. The number of pyridine rings is 1. The van der Waals surface area contributed by atoms with Gasteiger partial charge in [0, 0.05) is 35.8 Å². The summed E-state index contributed by atoms with van der Waals surface area (Å²) in [6.45, 7) is 4.74. The number of rotatable bonds is 5. The van der Waals surface area contributed by atoms with Crippen LogP contribution < -0.4 is 10.6 Å². The molecule has 5 heteroatoms. The molecule has 3 N–H and O–H groups in total. The molecule has 1 amide bonds. The standard InChI is InChI=1S/C16H20N4O/c1-3-18-12-6-8-19-14(9-12)15(21)20-13-5-4-7-16(2,10-13)11-17/h4-6,8-11,17H,3,7H2,1-2H3,(H,18,19)(H,20,21). The third-order valence-electron chi connectivity index (χ3n) is 3.30. The molecule has 2 rings (SSSR count). The minimum absolute atomic E-state index is 0.250. The molecule has 0 aromatic carbocycles. The number of nitrogens with zero attached hydrogens (tertiary/aromatic N) is 1. The Kier molecular flexibility index (Phi) is 4.52. The zero-order valence-corrected chi connectivity index (χ0v) is 12.3. The molecule has 1 heterocycles. The number of carbonyl (C=O) groups excluding carboxylic acids is 1. The van der Waals surface area contributed by atoms with Gasteiger partial charge in [0.05, 0.1) is 0 Å². The van der Waals surface area contributed by atoms with Gasteiger partial charge in [0.15, 0.2) is 0 Å². The highest BCUT2D eigenvalue weighted by atomic mass is 16.1. The molecule has 5 nitrogen and oxygen atoms in total. The average molecular weight is 284 g/mol. The van der Waals surface area contributed by atoms with Crippen LogP contribution in [0.25, 0.3) is 0 Å². The fourth-order valence-corrected chi connectivity index (χ4v) is 2.14. The fourth-order valence-electron chi connectivity index (χ4n) is 2.14. The Hall–Kier alpha value is -2.43. The maximum Gasteiger partial charge on any atom is 0.274 e. The van der Waals surface area contributed by atoms with Crippen LogP contribution in [-0.4, -0.2) is 23.7 Å². The van der Waals surface area contributed by atoms with Gasteiger partial charge in [-0.15, -0.1) is 0 Å².